The third-order valence-corrected chi connectivity index (χ3v) is 4.89. The number of thiazole rings is 1. The summed E-state index contributed by atoms with van der Waals surface area (Å²) in [5, 5.41) is 1.93. The van der Waals surface area contributed by atoms with E-state index in [1.165, 1.54) is 16.9 Å². The van der Waals surface area contributed by atoms with Gasteiger partial charge >= 0.3 is 0 Å². The number of nitrogens with zero attached hydrogens (tertiary/aromatic N) is 2. The lowest BCUT2D eigenvalue weighted by Crippen LogP contribution is -2.01. The molecule has 0 aliphatic heterocycles. The van der Waals surface area contributed by atoms with E-state index in [0.29, 0.717) is 18.2 Å². The molecule has 0 fully saturated rings. The van der Waals surface area contributed by atoms with Crippen LogP contribution >= 0.6 is 11.3 Å². The second-order valence-corrected chi connectivity index (χ2v) is 6.39. The van der Waals surface area contributed by atoms with Gasteiger partial charge in [-0.05, 0) is 43.0 Å². The summed E-state index contributed by atoms with van der Waals surface area (Å²) in [5.74, 6) is 1.30. The van der Waals surface area contributed by atoms with Gasteiger partial charge in [0.1, 0.15) is 17.1 Å². The lowest BCUT2D eigenvalue weighted by molar-refractivity contribution is 0.111. The maximum absolute atomic E-state index is 11.5. The summed E-state index contributed by atoms with van der Waals surface area (Å²) in [6.07, 6.45) is 3.79. The molecule has 0 N–H and O–H groups in total. The van der Waals surface area contributed by atoms with E-state index in [9.17, 15) is 4.79 Å². The number of aromatic nitrogens is 2. The zero-order chi connectivity index (χ0) is 16.4. The van der Waals surface area contributed by atoms with Crippen molar-refractivity contribution in [3.63, 3.8) is 0 Å². The van der Waals surface area contributed by atoms with Gasteiger partial charge in [0.25, 0.3) is 0 Å². The summed E-state index contributed by atoms with van der Waals surface area (Å²) in [5.41, 5.74) is 3.46. The molecule has 0 aliphatic rings. The molecule has 3 rings (SSSR count). The average Bonchev–Trinajstić information content (AvgIpc) is 3.15. The van der Waals surface area contributed by atoms with Crippen LogP contribution < -0.4 is 4.74 Å². The highest BCUT2D eigenvalue weighted by atomic mass is 32.1. The molecule has 1 atom stereocenters. The van der Waals surface area contributed by atoms with Crippen molar-refractivity contribution < 1.29 is 9.53 Å². The molecule has 120 valence electrons. The molecule has 0 radical (unpaired) electrons. The van der Waals surface area contributed by atoms with Gasteiger partial charge in [-0.3, -0.25) is 9.20 Å². The minimum Gasteiger partial charge on any atom is -0.494 e. The number of aldehydes is 1. The van der Waals surface area contributed by atoms with Crippen LogP contribution in [0, 0.1) is 0 Å². The van der Waals surface area contributed by atoms with Crippen molar-refractivity contribution in [1.29, 1.82) is 0 Å². The van der Waals surface area contributed by atoms with Crippen LogP contribution in [0.5, 0.6) is 5.75 Å². The molecular weight excluding hydrogens is 308 g/mol. The maximum Gasteiger partial charge on any atom is 0.194 e. The standard InChI is InChI=1S/C18H20N2O2S/c1-4-12(3)14-10-13(6-7-16(14)22-5-2)17-15(11-21)20-8-9-23-18(20)19-17/h6-12H,4-5H2,1-3H3. The molecule has 3 aromatic rings. The smallest absolute Gasteiger partial charge is 0.194 e. The zero-order valence-corrected chi connectivity index (χ0v) is 14.4. The molecule has 0 amide bonds. The summed E-state index contributed by atoms with van der Waals surface area (Å²) < 4.78 is 7.60. The summed E-state index contributed by atoms with van der Waals surface area (Å²) in [6, 6.07) is 6.08. The second-order valence-electron chi connectivity index (χ2n) is 5.51. The average molecular weight is 328 g/mol. The number of fused-ring (bicyclic) bond motifs is 1. The molecule has 1 unspecified atom stereocenters. The first kappa shape index (κ1) is 15.7. The van der Waals surface area contributed by atoms with Gasteiger partial charge in [-0.2, -0.15) is 0 Å². The van der Waals surface area contributed by atoms with E-state index in [0.717, 1.165) is 34.7 Å². The molecule has 2 heterocycles. The van der Waals surface area contributed by atoms with Crippen molar-refractivity contribution >= 4 is 22.6 Å². The van der Waals surface area contributed by atoms with Crippen molar-refractivity contribution in [1.82, 2.24) is 9.38 Å². The van der Waals surface area contributed by atoms with Crippen molar-refractivity contribution in [2.24, 2.45) is 0 Å². The number of hydrogen-bond donors (Lipinski definition) is 0. The predicted molar refractivity (Wildman–Crippen MR) is 93.8 cm³/mol. The largest absolute Gasteiger partial charge is 0.494 e. The van der Waals surface area contributed by atoms with Crippen LogP contribution in [0.15, 0.2) is 29.8 Å². The molecule has 2 aromatic heterocycles. The van der Waals surface area contributed by atoms with E-state index < -0.39 is 0 Å². The Balaban J connectivity index is 2.14. The van der Waals surface area contributed by atoms with E-state index in [4.69, 9.17) is 4.74 Å². The van der Waals surface area contributed by atoms with Gasteiger partial charge in [-0.15, -0.1) is 11.3 Å². The molecule has 4 nitrogen and oxygen atoms in total. The Labute approximate surface area is 139 Å². The molecular formula is C18H20N2O2S. The van der Waals surface area contributed by atoms with E-state index in [1.54, 1.807) is 0 Å². The van der Waals surface area contributed by atoms with E-state index in [1.807, 2.05) is 35.0 Å². The van der Waals surface area contributed by atoms with Crippen LogP contribution in [0.2, 0.25) is 0 Å². The third kappa shape index (κ3) is 2.77. The number of imidazole rings is 1. The lowest BCUT2D eigenvalue weighted by atomic mass is 9.94. The van der Waals surface area contributed by atoms with Crippen molar-refractivity contribution in [3.05, 3.63) is 41.0 Å². The fourth-order valence-electron chi connectivity index (χ4n) is 2.72. The van der Waals surface area contributed by atoms with E-state index in [2.05, 4.69) is 24.9 Å². The van der Waals surface area contributed by atoms with Crippen LogP contribution in [0.3, 0.4) is 0 Å². The number of benzene rings is 1. The number of rotatable bonds is 6. The van der Waals surface area contributed by atoms with Crippen molar-refractivity contribution in [2.45, 2.75) is 33.1 Å². The van der Waals surface area contributed by atoms with Gasteiger partial charge in [0.05, 0.1) is 6.61 Å². The number of carbonyl (C=O) groups is 1. The molecule has 5 heteroatoms. The summed E-state index contributed by atoms with van der Waals surface area (Å²) in [6.45, 7) is 6.98. The minimum atomic E-state index is 0.389. The first-order chi connectivity index (χ1) is 11.2. The quantitative estimate of drug-likeness (QED) is 0.611. The van der Waals surface area contributed by atoms with Gasteiger partial charge in [0, 0.05) is 17.1 Å². The van der Waals surface area contributed by atoms with E-state index >= 15 is 0 Å². The summed E-state index contributed by atoms with van der Waals surface area (Å²) in [7, 11) is 0. The van der Waals surface area contributed by atoms with E-state index in [-0.39, 0.29) is 0 Å². The molecule has 0 saturated heterocycles. The SMILES string of the molecule is CCOc1ccc(-c2nc3sccn3c2C=O)cc1C(C)CC. The van der Waals surface area contributed by atoms with Gasteiger partial charge in [-0.25, -0.2) is 4.98 Å². The third-order valence-electron chi connectivity index (χ3n) is 4.14. The fraction of sp³-hybridized carbons (Fsp3) is 0.333. The van der Waals surface area contributed by atoms with Crippen LogP contribution in [0.1, 0.15) is 49.2 Å². The van der Waals surface area contributed by atoms with Crippen molar-refractivity contribution in [3.8, 4) is 17.0 Å². The Bertz CT molecular complexity index is 835. The molecule has 0 saturated carbocycles. The Morgan fingerprint density at radius 3 is 2.91 bits per heavy atom. The first-order valence-corrected chi connectivity index (χ1v) is 8.75. The Hall–Kier alpha value is -2.14. The highest BCUT2D eigenvalue weighted by molar-refractivity contribution is 7.15. The normalized spacial score (nSPS) is 12.5. The fourth-order valence-corrected chi connectivity index (χ4v) is 3.44. The van der Waals surface area contributed by atoms with Gasteiger partial charge < -0.3 is 4.74 Å². The van der Waals surface area contributed by atoms with Gasteiger partial charge in [-0.1, -0.05) is 13.8 Å². The van der Waals surface area contributed by atoms with Crippen LogP contribution in [-0.2, 0) is 0 Å². The summed E-state index contributed by atoms with van der Waals surface area (Å²) >= 11 is 1.53. The highest BCUT2D eigenvalue weighted by Crippen LogP contribution is 2.34. The molecule has 0 spiro atoms. The number of hydrogen-bond acceptors (Lipinski definition) is 4. The second kappa shape index (κ2) is 6.54. The Kier molecular flexibility index (Phi) is 4.48. The minimum absolute atomic E-state index is 0.389. The highest BCUT2D eigenvalue weighted by Gasteiger charge is 2.17. The number of ether oxygens (including phenoxy) is 1. The monoisotopic (exact) mass is 328 g/mol. The Morgan fingerprint density at radius 1 is 1.39 bits per heavy atom. The maximum atomic E-state index is 11.5. The molecule has 0 bridgehead atoms. The summed E-state index contributed by atoms with van der Waals surface area (Å²) in [4.78, 5) is 17.0. The predicted octanol–water partition coefficient (Wildman–Crippen LogP) is 4.79. The van der Waals surface area contributed by atoms with Crippen LogP contribution in [-0.4, -0.2) is 22.3 Å². The van der Waals surface area contributed by atoms with Crippen LogP contribution in [0.4, 0.5) is 0 Å². The molecule has 0 aliphatic carbocycles. The lowest BCUT2D eigenvalue weighted by Gasteiger charge is -2.16. The van der Waals surface area contributed by atoms with Crippen LogP contribution in [0.25, 0.3) is 16.2 Å². The van der Waals surface area contributed by atoms with Crippen molar-refractivity contribution in [2.75, 3.05) is 6.61 Å². The van der Waals surface area contributed by atoms with Gasteiger partial charge in [0.2, 0.25) is 0 Å². The topological polar surface area (TPSA) is 43.6 Å². The first-order valence-electron chi connectivity index (χ1n) is 7.87. The molecule has 1 aromatic carbocycles. The Morgan fingerprint density at radius 2 is 2.22 bits per heavy atom. The zero-order valence-electron chi connectivity index (χ0n) is 13.6. The van der Waals surface area contributed by atoms with Gasteiger partial charge in [0.15, 0.2) is 11.2 Å². The molecule has 23 heavy (non-hydrogen) atoms. The number of carbonyl (C=O) groups excluding carboxylic acids is 1.